The van der Waals surface area contributed by atoms with Gasteiger partial charge in [0.2, 0.25) is 0 Å². The summed E-state index contributed by atoms with van der Waals surface area (Å²) in [6, 6.07) is 0. The van der Waals surface area contributed by atoms with Gasteiger partial charge < -0.3 is 0 Å². The first kappa shape index (κ1) is 23.8. The first-order chi connectivity index (χ1) is 3.39. The van der Waals surface area contributed by atoms with E-state index in [4.69, 9.17) is 0 Å². The predicted molar refractivity (Wildman–Crippen MR) is 28.0 cm³/mol. The summed E-state index contributed by atoms with van der Waals surface area (Å²) in [7, 11) is -4.85. The maximum Gasteiger partial charge on any atom is 1.00 e. The monoisotopic (exact) mass is 206 g/mol. The van der Waals surface area contributed by atoms with E-state index in [1.54, 1.807) is 0 Å². The van der Waals surface area contributed by atoms with E-state index in [2.05, 4.69) is 0 Å². The molecule has 7 heteroatoms. The van der Waals surface area contributed by atoms with Crippen molar-refractivity contribution < 1.29 is 103 Å². The van der Waals surface area contributed by atoms with Crippen molar-refractivity contribution in [1.29, 1.82) is 0 Å². The second-order valence-corrected chi connectivity index (χ2v) is 5.56. The van der Waals surface area contributed by atoms with Gasteiger partial charge in [0.05, 0.1) is 0 Å². The number of rotatable bonds is 2. The van der Waals surface area contributed by atoms with E-state index in [9.17, 15) is 14.7 Å². The first-order valence-electron chi connectivity index (χ1n) is 2.59. The molecular formula is C4H10Na3O3P. The fraction of sp³-hybridized carbons (Fsp3) is 1.00. The van der Waals surface area contributed by atoms with Crippen LogP contribution in [0, 0.1) is 0 Å². The van der Waals surface area contributed by atoms with Crippen molar-refractivity contribution in [3.63, 3.8) is 0 Å². The third-order valence-electron chi connectivity index (χ3n) is 1.22. The molecule has 0 fully saturated rings. The first-order valence-corrected chi connectivity index (χ1v) is 4.95. The molecular weight excluding hydrogens is 196 g/mol. The SMILES string of the molecule is CCP([O-])([O-])([O-])CC.[Na+].[Na+].[Na+]. The third-order valence-corrected chi connectivity index (χ3v) is 3.67. The summed E-state index contributed by atoms with van der Waals surface area (Å²) in [5.74, 6) is 0. The van der Waals surface area contributed by atoms with Gasteiger partial charge in [-0.3, -0.25) is 0 Å². The Morgan fingerprint density at radius 3 is 1.00 bits per heavy atom. The van der Waals surface area contributed by atoms with Gasteiger partial charge in [-0.15, -0.1) is 0 Å². The van der Waals surface area contributed by atoms with Gasteiger partial charge in [0.25, 0.3) is 0 Å². The van der Waals surface area contributed by atoms with Crippen LogP contribution in [0.3, 0.4) is 0 Å². The van der Waals surface area contributed by atoms with Crippen LogP contribution in [-0.4, -0.2) is 12.3 Å². The van der Waals surface area contributed by atoms with Gasteiger partial charge in [-0.25, -0.2) is 0 Å². The van der Waals surface area contributed by atoms with E-state index < -0.39 is 7.28 Å². The second kappa shape index (κ2) is 8.60. The van der Waals surface area contributed by atoms with E-state index >= 15 is 0 Å². The van der Waals surface area contributed by atoms with E-state index in [0.29, 0.717) is 0 Å². The van der Waals surface area contributed by atoms with Crippen molar-refractivity contribution in [2.45, 2.75) is 13.8 Å². The minimum Gasteiger partial charge on any atom is 1.00 e. The smallest absolute Gasteiger partial charge is 1.00 e. The summed E-state index contributed by atoms with van der Waals surface area (Å²) in [6.07, 6.45) is -0.551. The van der Waals surface area contributed by atoms with Crippen LogP contribution in [0.15, 0.2) is 0 Å². The van der Waals surface area contributed by atoms with Gasteiger partial charge in [-0.05, 0) is 0 Å². The van der Waals surface area contributed by atoms with Crippen molar-refractivity contribution in [2.75, 3.05) is 12.3 Å². The molecule has 0 aromatic carbocycles. The van der Waals surface area contributed by atoms with Crippen molar-refractivity contribution >= 4 is 7.28 Å². The average Bonchev–Trinajstić information content (AvgIpc) is 1.68. The van der Waals surface area contributed by atoms with Crippen molar-refractivity contribution in [1.82, 2.24) is 0 Å². The van der Waals surface area contributed by atoms with Gasteiger partial charge in [0.15, 0.2) is 0 Å². The molecule has 52 valence electrons. The van der Waals surface area contributed by atoms with E-state index in [0.717, 1.165) is 0 Å². The van der Waals surface area contributed by atoms with Crippen LogP contribution in [0.1, 0.15) is 13.8 Å². The van der Waals surface area contributed by atoms with Crippen molar-refractivity contribution in [3.8, 4) is 0 Å². The van der Waals surface area contributed by atoms with Gasteiger partial charge in [-0.1, -0.05) is 0 Å². The van der Waals surface area contributed by atoms with Crippen molar-refractivity contribution in [2.24, 2.45) is 0 Å². The molecule has 0 aromatic heterocycles. The Morgan fingerprint density at radius 2 is 1.00 bits per heavy atom. The molecule has 0 aromatic rings. The normalized spacial score (nSPS) is 12.6. The Morgan fingerprint density at radius 1 is 0.818 bits per heavy atom. The molecule has 0 amide bonds. The van der Waals surface area contributed by atoms with E-state index in [1.807, 2.05) is 0 Å². The van der Waals surface area contributed by atoms with Gasteiger partial charge in [0.1, 0.15) is 0 Å². The largest absolute Gasteiger partial charge is 1.00 e. The molecule has 0 atom stereocenters. The topological polar surface area (TPSA) is 69.2 Å². The summed E-state index contributed by atoms with van der Waals surface area (Å²) in [5.41, 5.74) is 0. The van der Waals surface area contributed by atoms with E-state index in [1.165, 1.54) is 13.8 Å². The molecule has 0 saturated carbocycles. The molecule has 0 rings (SSSR count). The summed E-state index contributed by atoms with van der Waals surface area (Å²) >= 11 is 0. The second-order valence-electron chi connectivity index (χ2n) is 1.85. The van der Waals surface area contributed by atoms with Crippen LogP contribution >= 0.6 is 7.28 Å². The van der Waals surface area contributed by atoms with Gasteiger partial charge >= 0.3 is 137 Å². The van der Waals surface area contributed by atoms with Gasteiger partial charge in [0, 0.05) is 0 Å². The maximum atomic E-state index is 10.4. The molecule has 0 bridgehead atoms. The number of hydrogen-bond donors (Lipinski definition) is 0. The molecule has 0 spiro atoms. The Bertz CT molecular complexity index is 84.3. The van der Waals surface area contributed by atoms with Crippen LogP contribution in [0.4, 0.5) is 0 Å². The summed E-state index contributed by atoms with van der Waals surface area (Å²) in [4.78, 5) is 31.3. The zero-order valence-electron chi connectivity index (χ0n) is 8.09. The maximum absolute atomic E-state index is 10.4. The fourth-order valence-electron chi connectivity index (χ4n) is 0.224. The predicted octanol–water partition coefficient (Wildman–Crippen LogP) is -10.6. The Hall–Kier alpha value is 3.31. The van der Waals surface area contributed by atoms with Gasteiger partial charge in [-0.2, -0.15) is 0 Å². The molecule has 3 nitrogen and oxygen atoms in total. The molecule has 11 heavy (non-hydrogen) atoms. The molecule has 0 radical (unpaired) electrons. The molecule has 0 heterocycles. The quantitative estimate of drug-likeness (QED) is 0.333. The Kier molecular flexibility index (Phi) is 18.7. The Labute approximate surface area is 134 Å². The zero-order valence-corrected chi connectivity index (χ0v) is 15.0. The fourth-order valence-corrected chi connectivity index (χ4v) is 0.671. The molecule has 0 aliphatic carbocycles. The Balaban J connectivity index is -0.0000000817. The average molecular weight is 206 g/mol. The molecule has 0 unspecified atom stereocenters. The summed E-state index contributed by atoms with van der Waals surface area (Å²) in [6.45, 7) is 2.74. The summed E-state index contributed by atoms with van der Waals surface area (Å²) in [5, 5.41) is 0. The van der Waals surface area contributed by atoms with Crippen molar-refractivity contribution in [3.05, 3.63) is 0 Å². The number of hydrogen-bond acceptors (Lipinski definition) is 3. The van der Waals surface area contributed by atoms with Crippen LogP contribution in [0.25, 0.3) is 0 Å². The molecule has 0 N–H and O–H groups in total. The molecule has 0 aliphatic rings. The third kappa shape index (κ3) is 13.3. The minimum atomic E-state index is -4.85. The van der Waals surface area contributed by atoms with E-state index in [-0.39, 0.29) is 101 Å². The van der Waals surface area contributed by atoms with Crippen LogP contribution in [0.5, 0.6) is 0 Å². The zero-order chi connectivity index (χ0) is 6.86. The molecule has 0 aliphatic heterocycles. The molecule has 0 saturated heterocycles. The minimum absolute atomic E-state index is 0. The van der Waals surface area contributed by atoms with Crippen LogP contribution < -0.4 is 103 Å². The summed E-state index contributed by atoms with van der Waals surface area (Å²) < 4.78 is 0. The van der Waals surface area contributed by atoms with Crippen LogP contribution in [-0.2, 0) is 0 Å². The standard InChI is InChI=1S/C4H10O3P.3Na/c1-3-8(5,6,7)4-2;;;/h3-4H2,1-2H3;;;/q-3;3*+1. The van der Waals surface area contributed by atoms with Crippen LogP contribution in [0.2, 0.25) is 0 Å².